The first-order valence-electron chi connectivity index (χ1n) is 8.78. The number of nitrogens with zero attached hydrogens (tertiary/aromatic N) is 3. The first-order valence-corrected chi connectivity index (χ1v) is 8.78. The Balaban J connectivity index is 1.86. The molecule has 6 nitrogen and oxygen atoms in total. The van der Waals surface area contributed by atoms with Crippen LogP contribution in [-0.2, 0) is 27.8 Å². The van der Waals surface area contributed by atoms with Crippen LogP contribution in [0.3, 0.4) is 0 Å². The van der Waals surface area contributed by atoms with Crippen molar-refractivity contribution in [2.24, 2.45) is 0 Å². The summed E-state index contributed by atoms with van der Waals surface area (Å²) in [6.45, 7) is 2.23. The summed E-state index contributed by atoms with van der Waals surface area (Å²) in [4.78, 5) is 3.85. The van der Waals surface area contributed by atoms with Crippen molar-refractivity contribution in [3.05, 3.63) is 48.0 Å². The van der Waals surface area contributed by atoms with Crippen molar-refractivity contribution in [1.82, 2.24) is 14.8 Å². The van der Waals surface area contributed by atoms with Crippen LogP contribution in [0.1, 0.15) is 37.3 Å². The van der Waals surface area contributed by atoms with Crippen LogP contribution < -0.4 is 0 Å². The number of rotatable bonds is 6. The molecule has 1 aromatic carbocycles. The Hall–Kier alpha value is -1.97. The van der Waals surface area contributed by atoms with Crippen molar-refractivity contribution in [3.63, 3.8) is 0 Å². The zero-order valence-corrected chi connectivity index (χ0v) is 14.9. The molecule has 1 aliphatic heterocycles. The summed E-state index contributed by atoms with van der Waals surface area (Å²) < 4.78 is 51.5. The Labute approximate surface area is 154 Å². The van der Waals surface area contributed by atoms with Gasteiger partial charge in [-0.25, -0.2) is 9.67 Å². The second-order valence-electron chi connectivity index (χ2n) is 6.67. The highest BCUT2D eigenvalue weighted by atomic mass is 19.4. The Morgan fingerprint density at radius 3 is 2.52 bits per heavy atom. The van der Waals surface area contributed by atoms with E-state index in [9.17, 15) is 18.3 Å². The first kappa shape index (κ1) is 19.8. The van der Waals surface area contributed by atoms with E-state index in [4.69, 9.17) is 9.47 Å². The summed E-state index contributed by atoms with van der Waals surface area (Å²) in [5.74, 6) is 0. The van der Waals surface area contributed by atoms with Gasteiger partial charge in [-0.1, -0.05) is 12.1 Å². The van der Waals surface area contributed by atoms with Gasteiger partial charge < -0.3 is 14.6 Å². The number of alkyl halides is 3. The summed E-state index contributed by atoms with van der Waals surface area (Å²) >= 11 is 0. The minimum Gasteiger partial charge on any atom is -0.380 e. The Morgan fingerprint density at radius 2 is 1.96 bits per heavy atom. The topological polar surface area (TPSA) is 69.4 Å². The molecule has 0 amide bonds. The third-order valence-electron chi connectivity index (χ3n) is 4.75. The highest BCUT2D eigenvalue weighted by Gasteiger charge is 2.40. The minimum atomic E-state index is -4.44. The van der Waals surface area contributed by atoms with Crippen molar-refractivity contribution >= 4 is 0 Å². The number of aromatic nitrogens is 3. The molecule has 27 heavy (non-hydrogen) atoms. The van der Waals surface area contributed by atoms with Gasteiger partial charge in [0.1, 0.15) is 18.3 Å². The quantitative estimate of drug-likeness (QED) is 0.828. The number of hydrogen-bond acceptors (Lipinski definition) is 5. The summed E-state index contributed by atoms with van der Waals surface area (Å²) in [6, 6.07) is 4.43. The molecule has 1 aromatic heterocycles. The molecule has 1 saturated heterocycles. The molecule has 148 valence electrons. The molecule has 0 saturated carbocycles. The summed E-state index contributed by atoms with van der Waals surface area (Å²) in [5.41, 5.74) is -2.09. The Bertz CT molecular complexity index is 716. The van der Waals surface area contributed by atoms with Gasteiger partial charge in [-0.15, -0.1) is 0 Å². The van der Waals surface area contributed by atoms with E-state index in [0.717, 1.165) is 25.0 Å². The smallest absolute Gasteiger partial charge is 0.380 e. The molecule has 2 heterocycles. The van der Waals surface area contributed by atoms with Gasteiger partial charge in [0.15, 0.2) is 6.29 Å². The second kappa shape index (κ2) is 7.95. The van der Waals surface area contributed by atoms with E-state index in [0.29, 0.717) is 18.6 Å². The number of aliphatic hydroxyl groups is 1. The monoisotopic (exact) mass is 385 g/mol. The van der Waals surface area contributed by atoms with Crippen LogP contribution in [-0.4, -0.2) is 38.9 Å². The maximum atomic E-state index is 12.9. The van der Waals surface area contributed by atoms with Crippen molar-refractivity contribution in [2.75, 3.05) is 6.61 Å². The summed E-state index contributed by atoms with van der Waals surface area (Å²) in [7, 11) is 0. The molecule has 1 unspecified atom stereocenters. The van der Waals surface area contributed by atoms with E-state index in [-0.39, 0.29) is 6.54 Å². The number of halogens is 3. The maximum Gasteiger partial charge on any atom is 0.416 e. The van der Waals surface area contributed by atoms with Crippen molar-refractivity contribution in [2.45, 2.75) is 56.9 Å². The van der Waals surface area contributed by atoms with Crippen molar-refractivity contribution in [1.29, 1.82) is 0 Å². The number of benzene rings is 1. The molecule has 3 rings (SSSR count). The lowest BCUT2D eigenvalue weighted by atomic mass is 9.88. The van der Waals surface area contributed by atoms with Crippen LogP contribution in [0, 0.1) is 0 Å². The van der Waals surface area contributed by atoms with Gasteiger partial charge in [0.05, 0.1) is 18.2 Å². The normalized spacial score (nSPS) is 21.6. The average molecular weight is 385 g/mol. The molecule has 1 N–H and O–H groups in total. The zero-order valence-electron chi connectivity index (χ0n) is 14.9. The molecular weight excluding hydrogens is 363 g/mol. The molecule has 1 fully saturated rings. The fraction of sp³-hybridized carbons (Fsp3) is 0.556. The Kier molecular flexibility index (Phi) is 5.83. The third-order valence-corrected chi connectivity index (χ3v) is 4.75. The van der Waals surface area contributed by atoms with Gasteiger partial charge in [-0.2, -0.15) is 18.3 Å². The van der Waals surface area contributed by atoms with Crippen LogP contribution in [0.5, 0.6) is 0 Å². The van der Waals surface area contributed by atoms with Gasteiger partial charge in [0.2, 0.25) is 0 Å². The van der Waals surface area contributed by atoms with E-state index in [2.05, 4.69) is 10.1 Å². The van der Waals surface area contributed by atoms with Crippen LogP contribution in [0.25, 0.3) is 0 Å². The van der Waals surface area contributed by atoms with Gasteiger partial charge in [-0.05, 0) is 43.9 Å². The van der Waals surface area contributed by atoms with Gasteiger partial charge in [0.25, 0.3) is 0 Å². The van der Waals surface area contributed by atoms with E-state index in [1.54, 1.807) is 6.92 Å². The predicted octanol–water partition coefficient (Wildman–Crippen LogP) is 3.12. The van der Waals surface area contributed by atoms with Crippen molar-refractivity contribution < 1.29 is 27.8 Å². The van der Waals surface area contributed by atoms with E-state index in [1.807, 2.05) is 0 Å². The molecule has 0 aliphatic carbocycles. The van der Waals surface area contributed by atoms with Gasteiger partial charge in [0, 0.05) is 6.61 Å². The molecule has 0 bridgehead atoms. The molecule has 0 radical (unpaired) electrons. The molecule has 1 aliphatic rings. The lowest BCUT2D eigenvalue weighted by Crippen LogP contribution is -2.45. The van der Waals surface area contributed by atoms with Gasteiger partial charge in [-0.3, -0.25) is 0 Å². The number of hydrogen-bond donors (Lipinski definition) is 1. The molecule has 0 spiro atoms. The second-order valence-corrected chi connectivity index (χ2v) is 6.67. The van der Waals surface area contributed by atoms with Crippen molar-refractivity contribution in [3.8, 4) is 0 Å². The lowest BCUT2D eigenvalue weighted by Gasteiger charge is -2.37. The number of ether oxygens (including phenoxy) is 2. The largest absolute Gasteiger partial charge is 0.416 e. The molecule has 9 heteroatoms. The zero-order chi connectivity index (χ0) is 19.5. The van der Waals surface area contributed by atoms with Crippen LogP contribution in [0.4, 0.5) is 13.2 Å². The van der Waals surface area contributed by atoms with Gasteiger partial charge >= 0.3 is 6.18 Å². The average Bonchev–Trinajstić information content (AvgIpc) is 3.14. The Morgan fingerprint density at radius 1 is 1.26 bits per heavy atom. The summed E-state index contributed by atoms with van der Waals surface area (Å²) in [5, 5.41) is 15.4. The SMILES string of the molecule is C[C@@H](OC1CCCCO1)[C@](O)(Cn1cncn1)c1ccc(C(F)(F)F)cc1. The van der Waals surface area contributed by atoms with E-state index >= 15 is 0 Å². The van der Waals surface area contributed by atoms with E-state index in [1.165, 1.54) is 29.5 Å². The molecule has 3 atom stereocenters. The highest BCUT2D eigenvalue weighted by Crippen LogP contribution is 2.34. The van der Waals surface area contributed by atoms with Crippen LogP contribution in [0.15, 0.2) is 36.9 Å². The third kappa shape index (κ3) is 4.66. The highest BCUT2D eigenvalue weighted by molar-refractivity contribution is 5.29. The molecule has 2 aromatic rings. The maximum absolute atomic E-state index is 12.9. The minimum absolute atomic E-state index is 0.0216. The standard InChI is InChI=1S/C18H22F3N3O3/c1-13(27-16-4-2-3-9-26-16)17(25,10-24-12-22-11-23-24)14-5-7-15(8-6-14)18(19,20)21/h5-8,11-13,16,25H,2-4,9-10H2,1H3/t13-,16?,17-/m1/s1. The van der Waals surface area contributed by atoms with Crippen LogP contribution >= 0.6 is 0 Å². The fourth-order valence-corrected chi connectivity index (χ4v) is 3.12. The lowest BCUT2D eigenvalue weighted by molar-refractivity contribution is -0.229. The van der Waals surface area contributed by atoms with E-state index < -0.39 is 29.7 Å². The first-order chi connectivity index (χ1) is 12.8. The fourth-order valence-electron chi connectivity index (χ4n) is 3.12. The molecular formula is C18H22F3N3O3. The van der Waals surface area contributed by atoms with Crippen LogP contribution in [0.2, 0.25) is 0 Å². The predicted molar refractivity (Wildman–Crippen MR) is 89.5 cm³/mol. The summed E-state index contributed by atoms with van der Waals surface area (Å²) in [6.07, 6.45) is -0.277.